The van der Waals surface area contributed by atoms with Crippen LogP contribution in [0.2, 0.25) is 0 Å². The maximum Gasteiger partial charge on any atom is 0.248 e. The standard InChI is InChI=1S/C12H16N2O/c1-7-5-6-9-10(13-3)12(15)14(4)11(9)8(7)2/h5-6,10,13H,1-4H3. The van der Waals surface area contributed by atoms with Gasteiger partial charge in [0, 0.05) is 12.6 Å². The Balaban J connectivity index is 2.65. The smallest absolute Gasteiger partial charge is 0.248 e. The number of nitrogens with one attached hydrogen (secondary N) is 1. The van der Waals surface area contributed by atoms with Crippen LogP contribution in [-0.2, 0) is 4.79 Å². The predicted molar refractivity (Wildman–Crippen MR) is 61.1 cm³/mol. The van der Waals surface area contributed by atoms with Gasteiger partial charge in [-0.25, -0.2) is 0 Å². The lowest BCUT2D eigenvalue weighted by atomic mass is 10.0. The van der Waals surface area contributed by atoms with Crippen LogP contribution in [0.3, 0.4) is 0 Å². The van der Waals surface area contributed by atoms with Gasteiger partial charge in [0.05, 0.1) is 5.69 Å². The van der Waals surface area contributed by atoms with Crippen LogP contribution >= 0.6 is 0 Å². The van der Waals surface area contributed by atoms with Crippen LogP contribution in [0, 0.1) is 13.8 Å². The zero-order valence-electron chi connectivity index (χ0n) is 9.59. The second-order valence-electron chi connectivity index (χ2n) is 4.06. The molecule has 1 heterocycles. The molecule has 0 fully saturated rings. The molecular formula is C12H16N2O. The lowest BCUT2D eigenvalue weighted by molar-refractivity contribution is -0.119. The van der Waals surface area contributed by atoms with E-state index < -0.39 is 0 Å². The summed E-state index contributed by atoms with van der Waals surface area (Å²) < 4.78 is 0. The van der Waals surface area contributed by atoms with Gasteiger partial charge < -0.3 is 10.2 Å². The summed E-state index contributed by atoms with van der Waals surface area (Å²) >= 11 is 0. The van der Waals surface area contributed by atoms with Gasteiger partial charge in [0.2, 0.25) is 5.91 Å². The Kier molecular flexibility index (Phi) is 2.27. The number of aryl methyl sites for hydroxylation is 1. The molecule has 0 bridgehead atoms. The second-order valence-corrected chi connectivity index (χ2v) is 4.06. The minimum absolute atomic E-state index is 0.126. The number of benzene rings is 1. The number of amides is 1. The maximum atomic E-state index is 11.9. The molecule has 3 heteroatoms. The average molecular weight is 204 g/mol. The van der Waals surface area contributed by atoms with Gasteiger partial charge in [-0.3, -0.25) is 4.79 Å². The van der Waals surface area contributed by atoms with E-state index in [0.717, 1.165) is 11.3 Å². The van der Waals surface area contributed by atoms with Crippen LogP contribution in [0.5, 0.6) is 0 Å². The molecule has 0 radical (unpaired) electrons. The number of anilines is 1. The van der Waals surface area contributed by atoms with E-state index >= 15 is 0 Å². The van der Waals surface area contributed by atoms with Crippen molar-refractivity contribution in [1.82, 2.24) is 5.32 Å². The SMILES string of the molecule is CNC1C(=O)N(C)c2c1ccc(C)c2C. The first-order valence-electron chi connectivity index (χ1n) is 5.13. The summed E-state index contributed by atoms with van der Waals surface area (Å²) in [5.74, 6) is 0.126. The molecule has 2 rings (SSSR count). The number of fused-ring (bicyclic) bond motifs is 1. The first-order chi connectivity index (χ1) is 7.07. The fourth-order valence-electron chi connectivity index (χ4n) is 2.22. The van der Waals surface area contributed by atoms with Crippen molar-refractivity contribution < 1.29 is 4.79 Å². The van der Waals surface area contributed by atoms with Crippen molar-refractivity contribution in [1.29, 1.82) is 0 Å². The predicted octanol–water partition coefficient (Wildman–Crippen LogP) is 1.54. The van der Waals surface area contributed by atoms with Gasteiger partial charge in [0.15, 0.2) is 0 Å². The molecule has 1 atom stereocenters. The topological polar surface area (TPSA) is 32.3 Å². The van der Waals surface area contributed by atoms with Crippen molar-refractivity contribution in [2.75, 3.05) is 19.0 Å². The third-order valence-electron chi connectivity index (χ3n) is 3.25. The van der Waals surface area contributed by atoms with Gasteiger partial charge in [-0.2, -0.15) is 0 Å². The molecule has 15 heavy (non-hydrogen) atoms. The van der Waals surface area contributed by atoms with Crippen LogP contribution in [0.15, 0.2) is 12.1 Å². The zero-order chi connectivity index (χ0) is 11.2. The number of hydrogen-bond donors (Lipinski definition) is 1. The molecule has 0 saturated heterocycles. The molecule has 1 aliphatic rings. The highest BCUT2D eigenvalue weighted by molar-refractivity contribution is 6.05. The lowest BCUT2D eigenvalue weighted by Gasteiger charge is -2.14. The number of carbonyl (C=O) groups is 1. The molecule has 3 nitrogen and oxygen atoms in total. The molecule has 1 aliphatic heterocycles. The van der Waals surface area contributed by atoms with E-state index in [1.165, 1.54) is 11.1 Å². The van der Waals surface area contributed by atoms with E-state index in [2.05, 4.69) is 25.2 Å². The summed E-state index contributed by atoms with van der Waals surface area (Å²) in [7, 11) is 3.66. The van der Waals surface area contributed by atoms with Gasteiger partial charge in [0.1, 0.15) is 6.04 Å². The fraction of sp³-hybridized carbons (Fsp3) is 0.417. The van der Waals surface area contributed by atoms with E-state index in [4.69, 9.17) is 0 Å². The summed E-state index contributed by atoms with van der Waals surface area (Å²) in [6.07, 6.45) is 0. The summed E-state index contributed by atoms with van der Waals surface area (Å²) in [5.41, 5.74) is 4.58. The van der Waals surface area contributed by atoms with Gasteiger partial charge >= 0.3 is 0 Å². The molecule has 0 aromatic heterocycles. The molecule has 0 aliphatic carbocycles. The van der Waals surface area contributed by atoms with Crippen molar-refractivity contribution in [3.63, 3.8) is 0 Å². The van der Waals surface area contributed by atoms with Gasteiger partial charge in [0.25, 0.3) is 0 Å². The molecule has 1 aromatic carbocycles. The third kappa shape index (κ3) is 1.27. The Hall–Kier alpha value is -1.35. The highest BCUT2D eigenvalue weighted by Crippen LogP contribution is 2.38. The Morgan fingerprint density at radius 3 is 2.60 bits per heavy atom. The summed E-state index contributed by atoms with van der Waals surface area (Å²) in [6, 6.07) is 3.94. The quantitative estimate of drug-likeness (QED) is 0.752. The Bertz CT molecular complexity index is 426. The normalized spacial score (nSPS) is 19.6. The van der Waals surface area contributed by atoms with E-state index in [1.54, 1.807) is 4.90 Å². The highest BCUT2D eigenvalue weighted by atomic mass is 16.2. The first-order valence-corrected chi connectivity index (χ1v) is 5.13. The van der Waals surface area contributed by atoms with Crippen molar-refractivity contribution in [3.05, 3.63) is 28.8 Å². The minimum Gasteiger partial charge on any atom is -0.313 e. The molecule has 0 spiro atoms. The molecule has 80 valence electrons. The van der Waals surface area contributed by atoms with Crippen molar-refractivity contribution in [3.8, 4) is 0 Å². The molecule has 0 saturated carbocycles. The Morgan fingerprint density at radius 1 is 1.33 bits per heavy atom. The van der Waals surface area contributed by atoms with Gasteiger partial charge in [-0.15, -0.1) is 0 Å². The van der Waals surface area contributed by atoms with Crippen molar-refractivity contribution >= 4 is 11.6 Å². The van der Waals surface area contributed by atoms with Crippen molar-refractivity contribution in [2.45, 2.75) is 19.9 Å². The monoisotopic (exact) mass is 204 g/mol. The van der Waals surface area contributed by atoms with E-state index in [9.17, 15) is 4.79 Å². The number of carbonyl (C=O) groups excluding carboxylic acids is 1. The Labute approximate surface area is 90.1 Å². The largest absolute Gasteiger partial charge is 0.313 e. The Morgan fingerprint density at radius 2 is 2.00 bits per heavy atom. The van der Waals surface area contributed by atoms with Crippen LogP contribution in [0.1, 0.15) is 22.7 Å². The van der Waals surface area contributed by atoms with E-state index in [-0.39, 0.29) is 11.9 Å². The first kappa shape index (κ1) is 10.2. The van der Waals surface area contributed by atoms with Crippen molar-refractivity contribution in [2.24, 2.45) is 0 Å². The zero-order valence-corrected chi connectivity index (χ0v) is 9.59. The van der Waals surface area contributed by atoms with Crippen LogP contribution in [-0.4, -0.2) is 20.0 Å². The maximum absolute atomic E-state index is 11.9. The van der Waals surface area contributed by atoms with Crippen LogP contribution < -0.4 is 10.2 Å². The summed E-state index contributed by atoms with van der Waals surface area (Å²) in [4.78, 5) is 13.7. The molecular weight excluding hydrogens is 188 g/mol. The van der Waals surface area contributed by atoms with Crippen LogP contribution in [0.4, 0.5) is 5.69 Å². The molecule has 1 unspecified atom stereocenters. The minimum atomic E-state index is -0.177. The fourth-order valence-corrected chi connectivity index (χ4v) is 2.22. The number of hydrogen-bond acceptors (Lipinski definition) is 2. The number of rotatable bonds is 1. The average Bonchev–Trinajstić information content (AvgIpc) is 2.46. The van der Waals surface area contributed by atoms with Crippen LogP contribution in [0.25, 0.3) is 0 Å². The molecule has 1 aromatic rings. The summed E-state index contributed by atoms with van der Waals surface area (Å²) in [5, 5.41) is 3.06. The number of nitrogens with zero attached hydrogens (tertiary/aromatic N) is 1. The molecule has 1 amide bonds. The second kappa shape index (κ2) is 3.35. The van der Waals surface area contributed by atoms with E-state index in [1.807, 2.05) is 20.2 Å². The highest BCUT2D eigenvalue weighted by Gasteiger charge is 2.35. The van der Waals surface area contributed by atoms with Gasteiger partial charge in [-0.05, 0) is 32.0 Å². The summed E-state index contributed by atoms with van der Waals surface area (Å²) in [6.45, 7) is 4.14. The van der Waals surface area contributed by atoms with E-state index in [0.29, 0.717) is 0 Å². The van der Waals surface area contributed by atoms with Gasteiger partial charge in [-0.1, -0.05) is 12.1 Å². The number of likely N-dealkylation sites (N-methyl/N-ethyl adjacent to an activating group) is 2. The lowest BCUT2D eigenvalue weighted by Crippen LogP contribution is -2.30. The third-order valence-corrected chi connectivity index (χ3v) is 3.25. The molecule has 1 N–H and O–H groups in total.